The summed E-state index contributed by atoms with van der Waals surface area (Å²) in [6, 6.07) is 7.64. The number of fused-ring (bicyclic) bond motifs is 1. The van der Waals surface area contributed by atoms with Crippen LogP contribution in [0.15, 0.2) is 24.3 Å². The van der Waals surface area contributed by atoms with Gasteiger partial charge in [0, 0.05) is 12.2 Å². The molecule has 0 saturated heterocycles. The molecule has 0 spiro atoms. The molecular weight excluding hydrogens is 140 g/mol. The van der Waals surface area contributed by atoms with Crippen molar-refractivity contribution < 1.29 is 0 Å². The van der Waals surface area contributed by atoms with Gasteiger partial charge in [-0.3, -0.25) is 5.32 Å². The number of hydrogen-bond donors (Lipinski definition) is 1. The van der Waals surface area contributed by atoms with Gasteiger partial charge in [-0.05, 0) is 11.6 Å². The highest BCUT2D eigenvalue weighted by Crippen LogP contribution is 2.21. The first-order valence-electron chi connectivity index (χ1n) is 3.61. The van der Waals surface area contributed by atoms with Crippen molar-refractivity contribution in [2.24, 2.45) is 0 Å². The van der Waals surface area contributed by atoms with Crippen LogP contribution in [0.4, 0.5) is 5.69 Å². The molecule has 0 aliphatic carbocycles. The van der Waals surface area contributed by atoms with Crippen molar-refractivity contribution >= 4 is 5.69 Å². The van der Waals surface area contributed by atoms with Crippen molar-refractivity contribution in [3.8, 4) is 0 Å². The monoisotopic (exact) mass is 149 g/mol. The smallest absolute Gasteiger partial charge is 0.0576 e. The zero-order valence-corrected chi connectivity index (χ0v) is 6.08. The third-order valence-corrected chi connectivity index (χ3v) is 1.83. The van der Waals surface area contributed by atoms with Gasteiger partial charge in [0.25, 0.3) is 0 Å². The minimum absolute atomic E-state index is 0.400. The Morgan fingerprint density at radius 3 is 3.00 bits per heavy atom. The Balaban J connectivity index is 2.44. The summed E-state index contributed by atoms with van der Waals surface area (Å²) in [4.78, 5) is 0. The lowest BCUT2D eigenvalue weighted by Gasteiger charge is -2.36. The van der Waals surface area contributed by atoms with Crippen LogP contribution in [0.1, 0.15) is 5.56 Å². The van der Waals surface area contributed by atoms with Gasteiger partial charge >= 0.3 is 0 Å². The highest BCUT2D eigenvalue weighted by molar-refractivity contribution is 5.55. The summed E-state index contributed by atoms with van der Waals surface area (Å²) in [5, 5.41) is 15.1. The fraction of sp³-hybridized carbons (Fsp3) is 0.250. The zero-order valence-electron chi connectivity index (χ0n) is 6.08. The molecule has 1 aromatic rings. The lowest BCUT2D eigenvalue weighted by molar-refractivity contribution is 0.660. The Labute approximate surface area is 65.2 Å². The number of hydroxylamine groups is 1. The average molecular weight is 149 g/mol. The second-order valence-electron chi connectivity index (χ2n) is 2.59. The molecule has 1 aromatic carbocycles. The minimum atomic E-state index is 0.400. The maximum absolute atomic E-state index is 11.1. The van der Waals surface area contributed by atoms with Gasteiger partial charge in [0.1, 0.15) is 0 Å². The number of nitrogens with one attached hydrogen (secondary N) is 1. The predicted molar refractivity (Wildman–Crippen MR) is 44.0 cm³/mol. The SMILES string of the molecule is [O-]N1CNCc2ccccc21. The number of rotatable bonds is 0. The quantitative estimate of drug-likeness (QED) is 0.599. The summed E-state index contributed by atoms with van der Waals surface area (Å²) >= 11 is 0. The van der Waals surface area contributed by atoms with Crippen LogP contribution in [-0.2, 0) is 6.54 Å². The van der Waals surface area contributed by atoms with Crippen molar-refractivity contribution in [2.75, 3.05) is 11.7 Å². The van der Waals surface area contributed by atoms with Crippen molar-refractivity contribution in [3.63, 3.8) is 0 Å². The highest BCUT2D eigenvalue weighted by Gasteiger charge is 2.06. The number of benzene rings is 1. The normalized spacial score (nSPS) is 16.3. The Bertz CT molecular complexity index is 262. The van der Waals surface area contributed by atoms with E-state index in [-0.39, 0.29) is 0 Å². The molecule has 2 rings (SSSR count). The summed E-state index contributed by atoms with van der Waals surface area (Å²) < 4.78 is 0. The Kier molecular flexibility index (Phi) is 1.52. The predicted octanol–water partition coefficient (Wildman–Crippen LogP) is 1.05. The summed E-state index contributed by atoms with van der Waals surface area (Å²) in [6.07, 6.45) is 0. The van der Waals surface area contributed by atoms with E-state index in [9.17, 15) is 5.21 Å². The largest absolute Gasteiger partial charge is 0.757 e. The lowest BCUT2D eigenvalue weighted by atomic mass is 10.1. The minimum Gasteiger partial charge on any atom is -0.757 e. The summed E-state index contributed by atoms with van der Waals surface area (Å²) in [6.45, 7) is 1.20. The van der Waals surface area contributed by atoms with Crippen molar-refractivity contribution in [2.45, 2.75) is 6.54 Å². The van der Waals surface area contributed by atoms with E-state index in [0.29, 0.717) is 6.67 Å². The fourth-order valence-electron chi connectivity index (χ4n) is 1.28. The molecule has 0 radical (unpaired) electrons. The summed E-state index contributed by atoms with van der Waals surface area (Å²) in [7, 11) is 0. The van der Waals surface area contributed by atoms with Crippen LogP contribution in [0, 0.1) is 5.21 Å². The van der Waals surface area contributed by atoms with Crippen LogP contribution < -0.4 is 10.4 Å². The highest BCUT2D eigenvalue weighted by atomic mass is 16.5. The van der Waals surface area contributed by atoms with E-state index in [1.54, 1.807) is 0 Å². The topological polar surface area (TPSA) is 38.3 Å². The molecule has 11 heavy (non-hydrogen) atoms. The van der Waals surface area contributed by atoms with Crippen molar-refractivity contribution in [3.05, 3.63) is 35.0 Å². The maximum Gasteiger partial charge on any atom is 0.0576 e. The molecule has 0 aromatic heterocycles. The first-order valence-corrected chi connectivity index (χ1v) is 3.61. The molecule has 1 heterocycles. The molecule has 58 valence electrons. The molecule has 0 bridgehead atoms. The number of nitrogens with zero attached hydrogens (tertiary/aromatic N) is 1. The molecule has 3 heteroatoms. The van der Waals surface area contributed by atoms with Crippen LogP contribution in [0.5, 0.6) is 0 Å². The molecule has 0 amide bonds. The Morgan fingerprint density at radius 2 is 2.18 bits per heavy atom. The van der Waals surface area contributed by atoms with E-state index in [4.69, 9.17) is 0 Å². The van der Waals surface area contributed by atoms with E-state index in [1.807, 2.05) is 24.3 Å². The van der Waals surface area contributed by atoms with Crippen LogP contribution in [-0.4, -0.2) is 6.67 Å². The van der Waals surface area contributed by atoms with Gasteiger partial charge in [-0.15, -0.1) is 0 Å². The first-order chi connectivity index (χ1) is 5.38. The molecule has 0 saturated carbocycles. The molecule has 0 atom stereocenters. The van der Waals surface area contributed by atoms with Crippen LogP contribution in [0.3, 0.4) is 0 Å². The number of anilines is 1. The lowest BCUT2D eigenvalue weighted by Crippen LogP contribution is -2.34. The van der Waals surface area contributed by atoms with Gasteiger partial charge in [0.05, 0.1) is 6.67 Å². The summed E-state index contributed by atoms with van der Waals surface area (Å²) in [5.74, 6) is 0. The van der Waals surface area contributed by atoms with Gasteiger partial charge in [-0.2, -0.15) is 0 Å². The van der Waals surface area contributed by atoms with Crippen LogP contribution in [0.2, 0.25) is 0 Å². The van der Waals surface area contributed by atoms with E-state index in [0.717, 1.165) is 22.9 Å². The van der Waals surface area contributed by atoms with E-state index in [1.165, 1.54) is 0 Å². The molecular formula is C8H9N2O-. The molecule has 0 unspecified atom stereocenters. The summed E-state index contributed by atoms with van der Waals surface area (Å²) in [5.41, 5.74) is 1.88. The van der Waals surface area contributed by atoms with E-state index < -0.39 is 0 Å². The third-order valence-electron chi connectivity index (χ3n) is 1.83. The first kappa shape index (κ1) is 6.64. The third kappa shape index (κ3) is 1.08. The molecule has 1 aliphatic rings. The molecule has 3 nitrogen and oxygen atoms in total. The molecule has 1 N–H and O–H groups in total. The van der Waals surface area contributed by atoms with Gasteiger partial charge in [0.2, 0.25) is 0 Å². The van der Waals surface area contributed by atoms with Crippen LogP contribution >= 0.6 is 0 Å². The maximum atomic E-state index is 11.1. The second-order valence-corrected chi connectivity index (χ2v) is 2.59. The Hall–Kier alpha value is -1.06. The average Bonchev–Trinajstić information content (AvgIpc) is 2.06. The Morgan fingerprint density at radius 1 is 1.36 bits per heavy atom. The van der Waals surface area contributed by atoms with Crippen LogP contribution in [0.25, 0.3) is 0 Å². The number of para-hydroxylation sites is 1. The van der Waals surface area contributed by atoms with E-state index in [2.05, 4.69) is 5.32 Å². The second kappa shape index (κ2) is 2.53. The molecule has 0 fully saturated rings. The van der Waals surface area contributed by atoms with E-state index >= 15 is 0 Å². The molecule has 1 aliphatic heterocycles. The van der Waals surface area contributed by atoms with Crippen molar-refractivity contribution in [1.29, 1.82) is 0 Å². The van der Waals surface area contributed by atoms with Crippen molar-refractivity contribution in [1.82, 2.24) is 5.32 Å². The van der Waals surface area contributed by atoms with Gasteiger partial charge in [0.15, 0.2) is 0 Å². The zero-order chi connectivity index (χ0) is 7.68. The standard InChI is InChI=1S/C8H9N2O/c11-10-6-9-5-7-3-1-2-4-8(7)10/h1-4,9H,5-6H2/q-1. The van der Waals surface area contributed by atoms with Gasteiger partial charge in [-0.25, -0.2) is 0 Å². The van der Waals surface area contributed by atoms with Gasteiger partial charge in [-0.1, -0.05) is 18.2 Å². The fourth-order valence-corrected chi connectivity index (χ4v) is 1.28. The van der Waals surface area contributed by atoms with Gasteiger partial charge < -0.3 is 10.3 Å². The number of hydrogen-bond acceptors (Lipinski definition) is 3.